The first-order valence-electron chi connectivity index (χ1n) is 5.02. The van der Waals surface area contributed by atoms with Crippen LogP contribution in [-0.4, -0.2) is 21.5 Å². The molecule has 0 saturated carbocycles. The molecule has 2 aromatic rings. The van der Waals surface area contributed by atoms with Crippen LogP contribution in [0.4, 0.5) is 5.95 Å². The molecular formula is C11H14N4. The number of hydrogen-bond donors (Lipinski definition) is 2. The third kappa shape index (κ3) is 1.98. The molecule has 0 spiro atoms. The van der Waals surface area contributed by atoms with Crippen molar-refractivity contribution in [2.24, 2.45) is 0 Å². The van der Waals surface area contributed by atoms with Crippen LogP contribution in [0, 0.1) is 6.92 Å². The Kier molecular flexibility index (Phi) is 2.67. The lowest BCUT2D eigenvalue weighted by atomic mass is 10.2. The molecule has 0 aliphatic carbocycles. The monoisotopic (exact) mass is 202 g/mol. The maximum absolute atomic E-state index is 4.45. The second-order valence-electron chi connectivity index (χ2n) is 3.34. The van der Waals surface area contributed by atoms with Gasteiger partial charge >= 0.3 is 0 Å². The Morgan fingerprint density at radius 3 is 3.00 bits per heavy atom. The Morgan fingerprint density at radius 1 is 1.47 bits per heavy atom. The molecule has 2 N–H and O–H groups in total. The molecule has 0 bridgehead atoms. The highest BCUT2D eigenvalue weighted by Gasteiger charge is 2.06. The molecule has 0 saturated heterocycles. The Bertz CT molecular complexity index is 434. The quantitative estimate of drug-likeness (QED) is 0.802. The van der Waals surface area contributed by atoms with Gasteiger partial charge in [0.1, 0.15) is 0 Å². The number of nitrogens with zero attached hydrogens (tertiary/aromatic N) is 2. The molecule has 4 heteroatoms. The molecular weight excluding hydrogens is 188 g/mol. The minimum Gasteiger partial charge on any atom is -0.360 e. The zero-order chi connectivity index (χ0) is 10.7. The van der Waals surface area contributed by atoms with Crippen LogP contribution in [0.15, 0.2) is 24.5 Å². The van der Waals surface area contributed by atoms with Gasteiger partial charge in [0, 0.05) is 18.9 Å². The molecule has 0 aromatic carbocycles. The number of nitrogens with one attached hydrogen (secondary N) is 2. The van der Waals surface area contributed by atoms with E-state index < -0.39 is 0 Å². The average Bonchev–Trinajstić information content (AvgIpc) is 2.74. The van der Waals surface area contributed by atoms with Crippen LogP contribution in [-0.2, 0) is 0 Å². The SMILES string of the molecule is CCNc1ncc(C)c(-c2ccc[nH]2)n1. The van der Waals surface area contributed by atoms with Crippen LogP contribution >= 0.6 is 0 Å². The lowest BCUT2D eigenvalue weighted by Crippen LogP contribution is -2.03. The van der Waals surface area contributed by atoms with Gasteiger partial charge in [-0.1, -0.05) is 0 Å². The zero-order valence-corrected chi connectivity index (χ0v) is 8.91. The summed E-state index contributed by atoms with van der Waals surface area (Å²) in [5, 5.41) is 3.10. The Balaban J connectivity index is 2.41. The number of rotatable bonds is 3. The first-order chi connectivity index (χ1) is 7.31. The van der Waals surface area contributed by atoms with Gasteiger partial charge in [-0.05, 0) is 31.5 Å². The second-order valence-corrected chi connectivity index (χ2v) is 3.34. The molecule has 0 aliphatic heterocycles. The van der Waals surface area contributed by atoms with Gasteiger partial charge in [0.2, 0.25) is 5.95 Å². The Morgan fingerprint density at radius 2 is 2.33 bits per heavy atom. The summed E-state index contributed by atoms with van der Waals surface area (Å²) in [7, 11) is 0. The predicted octanol–water partition coefficient (Wildman–Crippen LogP) is 2.21. The Hall–Kier alpha value is -1.84. The lowest BCUT2D eigenvalue weighted by molar-refractivity contribution is 1.07. The van der Waals surface area contributed by atoms with Gasteiger partial charge in [0.25, 0.3) is 0 Å². The van der Waals surface area contributed by atoms with Crippen LogP contribution in [0.5, 0.6) is 0 Å². The van der Waals surface area contributed by atoms with Crippen molar-refractivity contribution in [2.75, 3.05) is 11.9 Å². The van der Waals surface area contributed by atoms with Gasteiger partial charge < -0.3 is 10.3 Å². The van der Waals surface area contributed by atoms with Gasteiger partial charge in [0.15, 0.2) is 0 Å². The van der Waals surface area contributed by atoms with Crippen LogP contribution in [0.2, 0.25) is 0 Å². The second kappa shape index (κ2) is 4.13. The van der Waals surface area contributed by atoms with Gasteiger partial charge in [-0.15, -0.1) is 0 Å². The number of aromatic amines is 1. The molecule has 0 atom stereocenters. The molecule has 2 rings (SSSR count). The van der Waals surface area contributed by atoms with Crippen molar-refractivity contribution >= 4 is 5.95 Å². The van der Waals surface area contributed by atoms with E-state index in [-0.39, 0.29) is 0 Å². The van der Waals surface area contributed by atoms with Crippen LogP contribution < -0.4 is 5.32 Å². The molecule has 15 heavy (non-hydrogen) atoms. The summed E-state index contributed by atoms with van der Waals surface area (Å²) in [4.78, 5) is 11.8. The van der Waals surface area contributed by atoms with Crippen molar-refractivity contribution in [3.05, 3.63) is 30.1 Å². The highest BCUT2D eigenvalue weighted by Crippen LogP contribution is 2.19. The number of hydrogen-bond acceptors (Lipinski definition) is 3. The maximum Gasteiger partial charge on any atom is 0.223 e. The van der Waals surface area contributed by atoms with E-state index in [1.807, 2.05) is 38.4 Å². The number of aryl methyl sites for hydroxylation is 1. The van der Waals surface area contributed by atoms with E-state index >= 15 is 0 Å². The van der Waals surface area contributed by atoms with Crippen molar-refractivity contribution in [3.63, 3.8) is 0 Å². The van der Waals surface area contributed by atoms with Crippen LogP contribution in [0.1, 0.15) is 12.5 Å². The third-order valence-electron chi connectivity index (χ3n) is 2.16. The van der Waals surface area contributed by atoms with Crippen molar-refractivity contribution in [1.82, 2.24) is 15.0 Å². The summed E-state index contributed by atoms with van der Waals surface area (Å²) in [6.45, 7) is 4.86. The summed E-state index contributed by atoms with van der Waals surface area (Å²) in [6, 6.07) is 3.97. The molecule has 0 aliphatic rings. The van der Waals surface area contributed by atoms with E-state index in [1.54, 1.807) is 0 Å². The van der Waals surface area contributed by atoms with Crippen molar-refractivity contribution in [2.45, 2.75) is 13.8 Å². The lowest BCUT2D eigenvalue weighted by Gasteiger charge is -2.06. The smallest absolute Gasteiger partial charge is 0.223 e. The minimum atomic E-state index is 0.674. The summed E-state index contributed by atoms with van der Waals surface area (Å²) in [5.74, 6) is 0.674. The number of anilines is 1. The first-order valence-corrected chi connectivity index (χ1v) is 5.02. The van der Waals surface area contributed by atoms with E-state index in [9.17, 15) is 0 Å². The molecule has 0 radical (unpaired) electrons. The summed E-state index contributed by atoms with van der Waals surface area (Å²) in [5.41, 5.74) is 3.04. The van der Waals surface area contributed by atoms with Crippen LogP contribution in [0.25, 0.3) is 11.4 Å². The molecule has 0 unspecified atom stereocenters. The number of aromatic nitrogens is 3. The van der Waals surface area contributed by atoms with Gasteiger partial charge in [-0.3, -0.25) is 0 Å². The van der Waals surface area contributed by atoms with Crippen LogP contribution in [0.3, 0.4) is 0 Å². The predicted molar refractivity (Wildman–Crippen MR) is 60.7 cm³/mol. The third-order valence-corrected chi connectivity index (χ3v) is 2.16. The van der Waals surface area contributed by atoms with E-state index in [0.29, 0.717) is 5.95 Å². The molecule has 0 fully saturated rings. The van der Waals surface area contributed by atoms with E-state index in [4.69, 9.17) is 0 Å². The Labute approximate surface area is 88.8 Å². The molecule has 4 nitrogen and oxygen atoms in total. The van der Waals surface area contributed by atoms with E-state index in [2.05, 4.69) is 20.3 Å². The number of H-pyrrole nitrogens is 1. The largest absolute Gasteiger partial charge is 0.360 e. The molecule has 78 valence electrons. The van der Waals surface area contributed by atoms with Gasteiger partial charge in [-0.25, -0.2) is 9.97 Å². The minimum absolute atomic E-state index is 0.674. The van der Waals surface area contributed by atoms with E-state index in [0.717, 1.165) is 23.5 Å². The fraction of sp³-hybridized carbons (Fsp3) is 0.273. The van der Waals surface area contributed by atoms with Crippen molar-refractivity contribution in [1.29, 1.82) is 0 Å². The normalized spacial score (nSPS) is 10.3. The van der Waals surface area contributed by atoms with E-state index in [1.165, 1.54) is 0 Å². The first kappa shape index (κ1) is 9.71. The van der Waals surface area contributed by atoms with Crippen molar-refractivity contribution < 1.29 is 0 Å². The van der Waals surface area contributed by atoms with Gasteiger partial charge in [0.05, 0.1) is 11.4 Å². The topological polar surface area (TPSA) is 53.6 Å². The summed E-state index contributed by atoms with van der Waals surface area (Å²) >= 11 is 0. The maximum atomic E-state index is 4.45. The molecule has 2 aromatic heterocycles. The molecule has 0 amide bonds. The zero-order valence-electron chi connectivity index (χ0n) is 8.91. The average molecular weight is 202 g/mol. The van der Waals surface area contributed by atoms with Gasteiger partial charge in [-0.2, -0.15) is 0 Å². The summed E-state index contributed by atoms with van der Waals surface area (Å²) in [6.07, 6.45) is 3.73. The fourth-order valence-corrected chi connectivity index (χ4v) is 1.44. The van der Waals surface area contributed by atoms with Crippen molar-refractivity contribution in [3.8, 4) is 11.4 Å². The summed E-state index contributed by atoms with van der Waals surface area (Å²) < 4.78 is 0. The highest BCUT2D eigenvalue weighted by atomic mass is 15.1. The standard InChI is InChI=1S/C11H14N4/c1-3-12-11-14-7-8(2)10(15-11)9-5-4-6-13-9/h4-7,13H,3H2,1-2H3,(H,12,14,15). The fourth-order valence-electron chi connectivity index (χ4n) is 1.44. The molecule has 2 heterocycles. The highest BCUT2D eigenvalue weighted by molar-refractivity contribution is 5.59.